The first-order chi connectivity index (χ1) is 10.2. The van der Waals surface area contributed by atoms with E-state index in [9.17, 15) is 8.78 Å². The van der Waals surface area contributed by atoms with Crippen LogP contribution in [0.25, 0.3) is 11.0 Å². The van der Waals surface area contributed by atoms with Gasteiger partial charge in [-0.15, -0.1) is 0 Å². The van der Waals surface area contributed by atoms with Crippen molar-refractivity contribution in [1.82, 2.24) is 9.55 Å². The van der Waals surface area contributed by atoms with Gasteiger partial charge in [-0.3, -0.25) is 0 Å². The molecule has 1 saturated carbocycles. The van der Waals surface area contributed by atoms with Gasteiger partial charge in [-0.1, -0.05) is 19.3 Å². The largest absolute Gasteiger partial charge is 0.330 e. The molecule has 0 aliphatic heterocycles. The molecule has 3 nitrogen and oxygen atoms in total. The lowest BCUT2D eigenvalue weighted by atomic mass is 9.88. The van der Waals surface area contributed by atoms with E-state index in [1.165, 1.54) is 31.4 Å². The molecule has 2 N–H and O–H groups in total. The van der Waals surface area contributed by atoms with Crippen LogP contribution in [-0.2, 0) is 6.54 Å². The molecule has 0 spiro atoms. The van der Waals surface area contributed by atoms with Crippen LogP contribution in [0.4, 0.5) is 8.78 Å². The number of fused-ring (bicyclic) bond motifs is 1. The van der Waals surface area contributed by atoms with E-state index < -0.39 is 11.6 Å². The topological polar surface area (TPSA) is 43.8 Å². The highest BCUT2D eigenvalue weighted by molar-refractivity contribution is 5.76. The number of hydrogen-bond donors (Lipinski definition) is 1. The van der Waals surface area contributed by atoms with E-state index in [0.717, 1.165) is 25.1 Å². The molecule has 0 bridgehead atoms. The summed E-state index contributed by atoms with van der Waals surface area (Å²) in [4.78, 5) is 4.61. The van der Waals surface area contributed by atoms with Crippen LogP contribution >= 0.6 is 0 Å². The highest BCUT2D eigenvalue weighted by atomic mass is 19.2. The number of nitrogens with zero attached hydrogens (tertiary/aromatic N) is 2. The Morgan fingerprint density at radius 1 is 1.14 bits per heavy atom. The lowest BCUT2D eigenvalue weighted by Gasteiger charge is -2.22. The third-order valence-electron chi connectivity index (χ3n) is 4.38. The molecule has 3 rings (SSSR count). The van der Waals surface area contributed by atoms with E-state index in [4.69, 9.17) is 5.73 Å². The minimum Gasteiger partial charge on any atom is -0.330 e. The van der Waals surface area contributed by atoms with Crippen LogP contribution < -0.4 is 5.73 Å². The molecule has 1 aliphatic carbocycles. The molecule has 0 radical (unpaired) electrons. The zero-order valence-corrected chi connectivity index (χ0v) is 12.1. The average molecular weight is 293 g/mol. The lowest BCUT2D eigenvalue weighted by molar-refractivity contribution is 0.415. The first-order valence-electron chi connectivity index (χ1n) is 7.76. The molecule has 1 aromatic carbocycles. The maximum Gasteiger partial charge on any atom is 0.161 e. The predicted octanol–water partition coefficient (Wildman–Crippen LogP) is 3.71. The molecule has 2 aromatic rings. The fraction of sp³-hybridized carbons (Fsp3) is 0.562. The Labute approximate surface area is 123 Å². The van der Waals surface area contributed by atoms with Crippen molar-refractivity contribution < 1.29 is 8.78 Å². The quantitative estimate of drug-likeness (QED) is 0.934. The maximum absolute atomic E-state index is 13.6. The van der Waals surface area contributed by atoms with Gasteiger partial charge in [-0.05, 0) is 25.8 Å². The molecule has 0 saturated heterocycles. The van der Waals surface area contributed by atoms with Crippen LogP contribution in [0.15, 0.2) is 12.1 Å². The summed E-state index contributed by atoms with van der Waals surface area (Å²) in [6.45, 7) is 1.29. The number of halogens is 2. The highest BCUT2D eigenvalue weighted by Crippen LogP contribution is 2.34. The van der Waals surface area contributed by atoms with Gasteiger partial charge < -0.3 is 10.3 Å². The number of rotatable bonds is 4. The Hall–Kier alpha value is -1.49. The summed E-state index contributed by atoms with van der Waals surface area (Å²) < 4.78 is 29.0. The number of hydrogen-bond acceptors (Lipinski definition) is 2. The van der Waals surface area contributed by atoms with Crippen molar-refractivity contribution in [3.8, 4) is 0 Å². The van der Waals surface area contributed by atoms with Gasteiger partial charge in [0, 0.05) is 24.6 Å². The van der Waals surface area contributed by atoms with Crippen molar-refractivity contribution in [2.24, 2.45) is 5.73 Å². The van der Waals surface area contributed by atoms with Gasteiger partial charge in [-0.2, -0.15) is 0 Å². The van der Waals surface area contributed by atoms with Crippen molar-refractivity contribution in [3.05, 3.63) is 29.6 Å². The van der Waals surface area contributed by atoms with Crippen molar-refractivity contribution in [3.63, 3.8) is 0 Å². The molecule has 0 amide bonds. The highest BCUT2D eigenvalue weighted by Gasteiger charge is 2.23. The van der Waals surface area contributed by atoms with Gasteiger partial charge in [0.2, 0.25) is 0 Å². The molecule has 21 heavy (non-hydrogen) atoms. The fourth-order valence-electron chi connectivity index (χ4n) is 3.30. The van der Waals surface area contributed by atoms with Crippen molar-refractivity contribution in [2.45, 2.75) is 51.0 Å². The number of aryl methyl sites for hydroxylation is 1. The Morgan fingerprint density at radius 2 is 1.86 bits per heavy atom. The maximum atomic E-state index is 13.6. The number of aromatic nitrogens is 2. The molecule has 0 unspecified atom stereocenters. The minimum atomic E-state index is -0.832. The summed E-state index contributed by atoms with van der Waals surface area (Å²) in [7, 11) is 0. The van der Waals surface area contributed by atoms with Crippen LogP contribution in [0.2, 0.25) is 0 Å². The SMILES string of the molecule is NCCCn1c(C2CCCCC2)nc2cc(F)c(F)cc21. The van der Waals surface area contributed by atoms with Crippen molar-refractivity contribution in [2.75, 3.05) is 6.54 Å². The van der Waals surface area contributed by atoms with E-state index in [-0.39, 0.29) is 0 Å². The third kappa shape index (κ3) is 2.79. The Balaban J connectivity index is 2.07. The summed E-state index contributed by atoms with van der Waals surface area (Å²) in [5, 5.41) is 0. The van der Waals surface area contributed by atoms with Gasteiger partial charge in [0.25, 0.3) is 0 Å². The van der Waals surface area contributed by atoms with E-state index in [1.807, 2.05) is 4.57 Å². The molecule has 1 aliphatic rings. The van der Waals surface area contributed by atoms with Gasteiger partial charge >= 0.3 is 0 Å². The first-order valence-corrected chi connectivity index (χ1v) is 7.76. The molecule has 5 heteroatoms. The molecular weight excluding hydrogens is 272 g/mol. The number of nitrogens with two attached hydrogens (primary N) is 1. The van der Waals surface area contributed by atoms with Crippen LogP contribution in [0.1, 0.15) is 50.3 Å². The second-order valence-corrected chi connectivity index (χ2v) is 5.85. The molecular formula is C16H21F2N3. The second kappa shape index (κ2) is 6.10. The van der Waals surface area contributed by atoms with Crippen LogP contribution in [0, 0.1) is 11.6 Å². The standard InChI is InChI=1S/C16H21F2N3/c17-12-9-14-15(10-13(12)18)21(8-4-7-19)16(20-14)11-5-2-1-3-6-11/h9-11H,1-8,19H2. The van der Waals surface area contributed by atoms with Gasteiger partial charge in [0.15, 0.2) is 11.6 Å². The number of benzene rings is 1. The summed E-state index contributed by atoms with van der Waals surface area (Å²) in [5.74, 6) is -0.272. The zero-order chi connectivity index (χ0) is 14.8. The smallest absolute Gasteiger partial charge is 0.161 e. The molecule has 1 fully saturated rings. The zero-order valence-electron chi connectivity index (χ0n) is 12.1. The van der Waals surface area contributed by atoms with Crippen LogP contribution in [0.3, 0.4) is 0 Å². The summed E-state index contributed by atoms with van der Waals surface area (Å²) in [6.07, 6.45) is 6.70. The van der Waals surface area contributed by atoms with Crippen LogP contribution in [-0.4, -0.2) is 16.1 Å². The summed E-state index contributed by atoms with van der Waals surface area (Å²) in [5.41, 5.74) is 6.83. The monoisotopic (exact) mass is 293 g/mol. The molecule has 0 atom stereocenters. The Morgan fingerprint density at radius 3 is 2.57 bits per heavy atom. The van der Waals surface area contributed by atoms with E-state index in [1.54, 1.807) is 0 Å². The summed E-state index contributed by atoms with van der Waals surface area (Å²) >= 11 is 0. The summed E-state index contributed by atoms with van der Waals surface area (Å²) in [6, 6.07) is 2.47. The number of imidazole rings is 1. The van der Waals surface area contributed by atoms with E-state index in [0.29, 0.717) is 30.0 Å². The predicted molar refractivity (Wildman–Crippen MR) is 79.1 cm³/mol. The Bertz CT molecular complexity index is 630. The Kier molecular flexibility index (Phi) is 4.19. The third-order valence-corrected chi connectivity index (χ3v) is 4.38. The van der Waals surface area contributed by atoms with E-state index >= 15 is 0 Å². The molecule has 1 heterocycles. The van der Waals surface area contributed by atoms with Gasteiger partial charge in [0.1, 0.15) is 5.82 Å². The van der Waals surface area contributed by atoms with Crippen molar-refractivity contribution in [1.29, 1.82) is 0 Å². The van der Waals surface area contributed by atoms with Crippen LogP contribution in [0.5, 0.6) is 0 Å². The van der Waals surface area contributed by atoms with Gasteiger partial charge in [-0.25, -0.2) is 13.8 Å². The molecule has 1 aromatic heterocycles. The fourth-order valence-corrected chi connectivity index (χ4v) is 3.30. The van der Waals surface area contributed by atoms with Gasteiger partial charge in [0.05, 0.1) is 11.0 Å². The lowest BCUT2D eigenvalue weighted by Crippen LogP contribution is -2.14. The minimum absolute atomic E-state index is 0.398. The normalized spacial score (nSPS) is 16.7. The first kappa shape index (κ1) is 14.4. The average Bonchev–Trinajstić information content (AvgIpc) is 2.84. The van der Waals surface area contributed by atoms with Crippen molar-refractivity contribution >= 4 is 11.0 Å². The van der Waals surface area contributed by atoms with E-state index in [2.05, 4.69) is 4.98 Å². The second-order valence-electron chi connectivity index (χ2n) is 5.85. The molecule has 114 valence electrons.